The first-order valence-corrected chi connectivity index (χ1v) is 11.1. The minimum Gasteiger partial charge on any atom is -0.344 e. The molecule has 0 fully saturated rings. The maximum Gasteiger partial charge on any atom is 0.0495 e. The summed E-state index contributed by atoms with van der Waals surface area (Å²) in [6, 6.07) is 35.6. The molecule has 0 spiro atoms. The number of hydrogen-bond acceptors (Lipinski definition) is 0. The van der Waals surface area contributed by atoms with Crippen molar-refractivity contribution in [2.45, 2.75) is 0 Å². The van der Waals surface area contributed by atoms with Crippen LogP contribution in [0.4, 0.5) is 0 Å². The number of benzene rings is 5. The summed E-state index contributed by atoms with van der Waals surface area (Å²) in [6.45, 7) is 0. The number of para-hydroxylation sites is 1. The van der Waals surface area contributed by atoms with E-state index in [4.69, 9.17) is 0 Å². The van der Waals surface area contributed by atoms with Crippen molar-refractivity contribution < 1.29 is 0 Å². The Morgan fingerprint density at radius 1 is 0.406 bits per heavy atom. The van der Waals surface area contributed by atoms with Crippen LogP contribution in [0.15, 0.2) is 97.1 Å². The molecular weight excluding hydrogens is 388 g/mol. The van der Waals surface area contributed by atoms with Crippen LogP contribution in [0.25, 0.3) is 65.5 Å². The second-order valence-corrected chi connectivity index (χ2v) is 8.82. The Morgan fingerprint density at radius 2 is 0.969 bits per heavy atom. The molecule has 7 rings (SSSR count). The molecule has 32 heavy (non-hydrogen) atoms. The Morgan fingerprint density at radius 3 is 1.81 bits per heavy atom. The van der Waals surface area contributed by atoms with Gasteiger partial charge in [0.25, 0.3) is 0 Å². The lowest BCUT2D eigenvalue weighted by Gasteiger charge is -2.05. The quantitative estimate of drug-likeness (QED) is 0.261. The van der Waals surface area contributed by atoms with E-state index in [0.717, 1.165) is 0 Å². The van der Waals surface area contributed by atoms with E-state index in [0.29, 0.717) is 0 Å². The second kappa shape index (κ2) is 6.24. The highest BCUT2D eigenvalue weighted by Gasteiger charge is 2.13. The van der Waals surface area contributed by atoms with Crippen LogP contribution in [-0.2, 0) is 14.1 Å². The molecular formula is C30H22N2. The van der Waals surface area contributed by atoms with Gasteiger partial charge in [-0.15, -0.1) is 0 Å². The van der Waals surface area contributed by atoms with Crippen molar-refractivity contribution >= 4 is 54.4 Å². The van der Waals surface area contributed by atoms with Gasteiger partial charge in [-0.25, -0.2) is 0 Å². The van der Waals surface area contributed by atoms with Crippen molar-refractivity contribution in [3.05, 3.63) is 97.1 Å². The van der Waals surface area contributed by atoms with Gasteiger partial charge in [0.2, 0.25) is 0 Å². The summed E-state index contributed by atoms with van der Waals surface area (Å²) in [5.74, 6) is 0. The van der Waals surface area contributed by atoms with Gasteiger partial charge in [0, 0.05) is 57.7 Å². The maximum absolute atomic E-state index is 2.36. The third-order valence-electron chi connectivity index (χ3n) is 7.12. The zero-order valence-corrected chi connectivity index (χ0v) is 18.1. The third-order valence-corrected chi connectivity index (χ3v) is 7.12. The summed E-state index contributed by atoms with van der Waals surface area (Å²) in [4.78, 5) is 0. The molecule has 0 bridgehead atoms. The van der Waals surface area contributed by atoms with Gasteiger partial charge < -0.3 is 9.13 Å². The number of nitrogens with zero attached hydrogens (tertiary/aromatic N) is 2. The highest BCUT2D eigenvalue weighted by Crippen LogP contribution is 2.36. The van der Waals surface area contributed by atoms with Crippen molar-refractivity contribution in [2.75, 3.05) is 0 Å². The van der Waals surface area contributed by atoms with E-state index in [-0.39, 0.29) is 0 Å². The molecule has 2 nitrogen and oxygen atoms in total. The smallest absolute Gasteiger partial charge is 0.0495 e. The van der Waals surface area contributed by atoms with Crippen LogP contribution in [0.5, 0.6) is 0 Å². The Bertz CT molecular complexity index is 1850. The minimum atomic E-state index is 1.25. The van der Waals surface area contributed by atoms with Gasteiger partial charge in [0.05, 0.1) is 0 Å². The average Bonchev–Trinajstić information content (AvgIpc) is 3.28. The van der Waals surface area contributed by atoms with Crippen LogP contribution in [0.1, 0.15) is 0 Å². The fraction of sp³-hybridized carbons (Fsp3) is 0.0667. The molecule has 0 radical (unpaired) electrons. The molecule has 0 saturated heterocycles. The molecule has 0 unspecified atom stereocenters. The van der Waals surface area contributed by atoms with E-state index in [1.54, 1.807) is 0 Å². The molecule has 2 heteroatoms. The van der Waals surface area contributed by atoms with Crippen molar-refractivity contribution in [1.82, 2.24) is 9.13 Å². The lowest BCUT2D eigenvalue weighted by molar-refractivity contribution is 1.01. The highest BCUT2D eigenvalue weighted by molar-refractivity contribution is 6.14. The molecule has 0 aliphatic carbocycles. The summed E-state index contributed by atoms with van der Waals surface area (Å²) >= 11 is 0. The summed E-state index contributed by atoms with van der Waals surface area (Å²) in [7, 11) is 4.33. The number of aromatic nitrogens is 2. The molecule has 152 valence electrons. The zero-order valence-electron chi connectivity index (χ0n) is 18.1. The first-order chi connectivity index (χ1) is 15.7. The van der Waals surface area contributed by atoms with E-state index in [1.165, 1.54) is 65.5 Å². The molecule has 2 aromatic heterocycles. The van der Waals surface area contributed by atoms with Crippen molar-refractivity contribution in [3.63, 3.8) is 0 Å². The second-order valence-electron chi connectivity index (χ2n) is 8.82. The monoisotopic (exact) mass is 410 g/mol. The summed E-state index contributed by atoms with van der Waals surface area (Å²) in [5.41, 5.74) is 7.60. The molecule has 0 atom stereocenters. The Labute approximate surface area is 185 Å². The summed E-state index contributed by atoms with van der Waals surface area (Å²) in [6.07, 6.45) is 0. The maximum atomic E-state index is 2.36. The molecule has 0 N–H and O–H groups in total. The van der Waals surface area contributed by atoms with Crippen LogP contribution in [-0.4, -0.2) is 9.13 Å². The fourth-order valence-electron chi connectivity index (χ4n) is 5.42. The van der Waals surface area contributed by atoms with E-state index in [1.807, 2.05) is 0 Å². The molecule has 5 aromatic carbocycles. The van der Waals surface area contributed by atoms with Gasteiger partial charge in [-0.2, -0.15) is 0 Å². The largest absolute Gasteiger partial charge is 0.344 e. The topological polar surface area (TPSA) is 9.86 Å². The molecule has 2 heterocycles. The van der Waals surface area contributed by atoms with Crippen LogP contribution >= 0.6 is 0 Å². The SMILES string of the molecule is Cn1c2ccccc2c2ccc(-c3ccc4c(c3)c3cc5ccccc5cc3n4C)cc21. The fourth-order valence-corrected chi connectivity index (χ4v) is 5.42. The number of rotatable bonds is 1. The predicted octanol–water partition coefficient (Wildman–Crippen LogP) is 7.80. The zero-order chi connectivity index (χ0) is 21.4. The van der Waals surface area contributed by atoms with Crippen LogP contribution in [0, 0.1) is 0 Å². The van der Waals surface area contributed by atoms with Crippen LogP contribution < -0.4 is 0 Å². The normalized spacial score (nSPS) is 12.1. The van der Waals surface area contributed by atoms with Crippen molar-refractivity contribution in [2.24, 2.45) is 14.1 Å². The highest BCUT2D eigenvalue weighted by atomic mass is 14.9. The molecule has 0 amide bonds. The van der Waals surface area contributed by atoms with E-state index in [9.17, 15) is 0 Å². The van der Waals surface area contributed by atoms with E-state index in [2.05, 4.69) is 120 Å². The minimum absolute atomic E-state index is 1.25. The number of hydrogen-bond donors (Lipinski definition) is 0. The van der Waals surface area contributed by atoms with E-state index < -0.39 is 0 Å². The Hall–Kier alpha value is -4.04. The van der Waals surface area contributed by atoms with Gasteiger partial charge in [-0.3, -0.25) is 0 Å². The average molecular weight is 411 g/mol. The van der Waals surface area contributed by atoms with E-state index >= 15 is 0 Å². The lowest BCUT2D eigenvalue weighted by atomic mass is 10.0. The van der Waals surface area contributed by atoms with Gasteiger partial charge >= 0.3 is 0 Å². The summed E-state index contributed by atoms with van der Waals surface area (Å²) in [5, 5.41) is 7.82. The number of aryl methyl sites for hydroxylation is 2. The lowest BCUT2D eigenvalue weighted by Crippen LogP contribution is -1.88. The van der Waals surface area contributed by atoms with Crippen LogP contribution in [0.2, 0.25) is 0 Å². The first kappa shape index (κ1) is 17.6. The number of fused-ring (bicyclic) bond motifs is 7. The Kier molecular flexibility index (Phi) is 3.44. The summed E-state index contributed by atoms with van der Waals surface area (Å²) < 4.78 is 4.62. The standard InChI is InChI=1S/C30H22N2/c1-31-27-10-6-5-9-23(27)24-13-11-22(18-29(24)31)21-12-14-28-25(16-21)26-15-19-7-3-4-8-20(19)17-30(26)32(28)2/h3-18H,1-2H3. The first-order valence-electron chi connectivity index (χ1n) is 11.1. The predicted molar refractivity (Wildman–Crippen MR) is 137 cm³/mol. The van der Waals surface area contributed by atoms with Crippen molar-refractivity contribution in [3.8, 4) is 11.1 Å². The molecule has 0 saturated carbocycles. The molecule has 7 aromatic rings. The third kappa shape index (κ3) is 2.29. The van der Waals surface area contributed by atoms with Gasteiger partial charge in [0.15, 0.2) is 0 Å². The van der Waals surface area contributed by atoms with Gasteiger partial charge in [-0.1, -0.05) is 60.7 Å². The molecule has 0 aliphatic heterocycles. The van der Waals surface area contributed by atoms with Crippen LogP contribution in [0.3, 0.4) is 0 Å². The molecule has 0 aliphatic rings. The van der Waals surface area contributed by atoms with Crippen molar-refractivity contribution in [1.29, 1.82) is 0 Å². The van der Waals surface area contributed by atoms with Gasteiger partial charge in [0.1, 0.15) is 0 Å². The Balaban J connectivity index is 1.49. The van der Waals surface area contributed by atoms with Gasteiger partial charge in [-0.05, 0) is 58.3 Å².